The molecular weight excluding hydrogens is 415 g/mol. The van der Waals surface area contributed by atoms with Crippen LogP contribution in [0.2, 0.25) is 5.02 Å². The van der Waals surface area contributed by atoms with Crippen LogP contribution in [-0.2, 0) is 17.4 Å². The highest BCUT2D eigenvalue weighted by Crippen LogP contribution is 2.40. The number of carbonyl (C=O) groups is 1. The predicted molar refractivity (Wildman–Crippen MR) is 112 cm³/mol. The Hall–Kier alpha value is -2.41. The van der Waals surface area contributed by atoms with Crippen LogP contribution in [0.5, 0.6) is 0 Å². The molecule has 0 spiro atoms. The summed E-state index contributed by atoms with van der Waals surface area (Å²) in [6.45, 7) is 4.28. The number of nitrogens with one attached hydrogen (secondary N) is 1. The monoisotopic (exact) mass is 437 g/mol. The molecule has 2 unspecified atom stereocenters. The van der Waals surface area contributed by atoms with E-state index in [1.807, 2.05) is 31.2 Å². The predicted octanol–water partition coefficient (Wildman–Crippen LogP) is 4.36. The van der Waals surface area contributed by atoms with Gasteiger partial charge in [-0.05, 0) is 61.4 Å². The maximum Gasteiger partial charge on any atom is 0.416 e. The lowest BCUT2D eigenvalue weighted by Crippen LogP contribution is -2.61. The van der Waals surface area contributed by atoms with Crippen LogP contribution in [0.4, 0.5) is 24.5 Å². The van der Waals surface area contributed by atoms with Gasteiger partial charge in [0.25, 0.3) is 0 Å². The highest BCUT2D eigenvalue weighted by Gasteiger charge is 2.42. The van der Waals surface area contributed by atoms with E-state index in [9.17, 15) is 18.0 Å². The SMILES string of the molecule is CCNC(=O)C1Cc2cc(C(F)(F)F)ccc2N2CCN(c3ccc(Cl)cc3)CC12. The summed E-state index contributed by atoms with van der Waals surface area (Å²) in [7, 11) is 0. The third kappa shape index (κ3) is 3.95. The third-order valence-electron chi connectivity index (χ3n) is 5.92. The minimum Gasteiger partial charge on any atom is -0.368 e. The fraction of sp³-hybridized carbons (Fsp3) is 0.409. The molecule has 1 amide bonds. The molecule has 2 aromatic carbocycles. The van der Waals surface area contributed by atoms with Gasteiger partial charge >= 0.3 is 6.18 Å². The number of carbonyl (C=O) groups excluding carboxylic acids is 1. The second kappa shape index (κ2) is 8.02. The van der Waals surface area contributed by atoms with Gasteiger partial charge in [0.15, 0.2) is 0 Å². The standard InChI is InChI=1S/C22H23ClF3N3O/c1-2-27-21(30)18-12-14-11-15(22(24,25)26)3-8-19(14)29-10-9-28(13-20(18)29)17-6-4-16(23)5-7-17/h3-8,11,18,20H,2,9-10,12-13H2,1H3,(H,27,30). The van der Waals surface area contributed by atoms with E-state index in [1.165, 1.54) is 6.07 Å². The molecule has 0 aromatic heterocycles. The fourth-order valence-corrected chi connectivity index (χ4v) is 4.62. The molecule has 30 heavy (non-hydrogen) atoms. The van der Waals surface area contributed by atoms with Gasteiger partial charge in [-0.3, -0.25) is 4.79 Å². The maximum absolute atomic E-state index is 13.2. The van der Waals surface area contributed by atoms with Crippen LogP contribution in [0.25, 0.3) is 0 Å². The number of rotatable bonds is 3. The van der Waals surface area contributed by atoms with Gasteiger partial charge in [-0.25, -0.2) is 0 Å². The van der Waals surface area contributed by atoms with Gasteiger partial charge in [0.1, 0.15) is 0 Å². The molecular formula is C22H23ClF3N3O. The first-order chi connectivity index (χ1) is 14.3. The molecule has 2 aromatic rings. The fourth-order valence-electron chi connectivity index (χ4n) is 4.49. The highest BCUT2D eigenvalue weighted by molar-refractivity contribution is 6.30. The van der Waals surface area contributed by atoms with E-state index >= 15 is 0 Å². The van der Waals surface area contributed by atoms with E-state index in [4.69, 9.17) is 11.6 Å². The number of halogens is 4. The van der Waals surface area contributed by atoms with Crippen molar-refractivity contribution in [1.29, 1.82) is 0 Å². The number of anilines is 2. The van der Waals surface area contributed by atoms with Crippen molar-refractivity contribution in [1.82, 2.24) is 5.32 Å². The average Bonchev–Trinajstić information content (AvgIpc) is 2.72. The van der Waals surface area contributed by atoms with Gasteiger partial charge in [-0.2, -0.15) is 13.2 Å². The van der Waals surface area contributed by atoms with Crippen LogP contribution in [0.15, 0.2) is 42.5 Å². The second-order valence-electron chi connectivity index (χ2n) is 7.73. The number of amides is 1. The summed E-state index contributed by atoms with van der Waals surface area (Å²) in [5, 5.41) is 3.52. The van der Waals surface area contributed by atoms with E-state index in [0.717, 1.165) is 17.4 Å². The molecule has 2 aliphatic rings. The topological polar surface area (TPSA) is 35.6 Å². The molecule has 0 bridgehead atoms. The largest absolute Gasteiger partial charge is 0.416 e. The molecule has 4 nitrogen and oxygen atoms in total. The van der Waals surface area contributed by atoms with Crippen LogP contribution < -0.4 is 15.1 Å². The lowest BCUT2D eigenvalue weighted by Gasteiger charge is -2.49. The van der Waals surface area contributed by atoms with E-state index in [2.05, 4.69) is 15.1 Å². The van der Waals surface area contributed by atoms with Gasteiger partial charge in [0.05, 0.1) is 17.5 Å². The average molecular weight is 438 g/mol. The van der Waals surface area contributed by atoms with Crippen molar-refractivity contribution < 1.29 is 18.0 Å². The molecule has 1 fully saturated rings. The molecule has 160 valence electrons. The van der Waals surface area contributed by atoms with Crippen LogP contribution in [0.3, 0.4) is 0 Å². The highest BCUT2D eigenvalue weighted by atomic mass is 35.5. The van der Waals surface area contributed by atoms with Crippen molar-refractivity contribution in [2.75, 3.05) is 36.0 Å². The molecule has 1 N–H and O–H groups in total. The molecule has 8 heteroatoms. The number of alkyl halides is 3. The number of benzene rings is 2. The Morgan fingerprint density at radius 3 is 2.57 bits per heavy atom. The van der Waals surface area contributed by atoms with E-state index in [-0.39, 0.29) is 11.9 Å². The normalized spacial score (nSPS) is 21.1. The lowest BCUT2D eigenvalue weighted by atomic mass is 9.82. The number of hydrogen-bond donors (Lipinski definition) is 1. The van der Waals surface area contributed by atoms with Gasteiger partial charge in [0.2, 0.25) is 5.91 Å². The Bertz CT molecular complexity index is 932. The Balaban J connectivity index is 1.68. The van der Waals surface area contributed by atoms with Crippen molar-refractivity contribution in [3.8, 4) is 0 Å². The molecule has 0 saturated carbocycles. The molecule has 1 saturated heterocycles. The Morgan fingerprint density at radius 1 is 1.17 bits per heavy atom. The quantitative estimate of drug-likeness (QED) is 0.774. The van der Waals surface area contributed by atoms with Crippen molar-refractivity contribution in [3.05, 3.63) is 58.6 Å². The van der Waals surface area contributed by atoms with Gasteiger partial charge < -0.3 is 15.1 Å². The summed E-state index contributed by atoms with van der Waals surface area (Å²) >= 11 is 6.00. The number of piperazine rings is 1. The Labute approximate surface area is 178 Å². The van der Waals surface area contributed by atoms with Crippen LogP contribution in [0, 0.1) is 5.92 Å². The van der Waals surface area contributed by atoms with Crippen molar-refractivity contribution in [2.24, 2.45) is 5.92 Å². The van der Waals surface area contributed by atoms with Crippen LogP contribution >= 0.6 is 11.6 Å². The molecule has 2 heterocycles. The summed E-state index contributed by atoms with van der Waals surface area (Å²) in [5.41, 5.74) is 1.72. The summed E-state index contributed by atoms with van der Waals surface area (Å²) < 4.78 is 39.7. The first-order valence-corrected chi connectivity index (χ1v) is 10.4. The van der Waals surface area contributed by atoms with Crippen molar-refractivity contribution in [2.45, 2.75) is 25.6 Å². The Morgan fingerprint density at radius 2 is 1.90 bits per heavy atom. The third-order valence-corrected chi connectivity index (χ3v) is 6.17. The summed E-state index contributed by atoms with van der Waals surface area (Å²) in [6.07, 6.45) is -4.11. The number of hydrogen-bond acceptors (Lipinski definition) is 3. The molecule has 0 radical (unpaired) electrons. The number of fused-ring (bicyclic) bond motifs is 3. The smallest absolute Gasteiger partial charge is 0.368 e. The zero-order valence-corrected chi connectivity index (χ0v) is 17.3. The molecule has 4 rings (SSSR count). The summed E-state index contributed by atoms with van der Waals surface area (Å²) in [4.78, 5) is 17.1. The van der Waals surface area contributed by atoms with E-state index in [1.54, 1.807) is 6.07 Å². The van der Waals surface area contributed by atoms with Crippen molar-refractivity contribution in [3.63, 3.8) is 0 Å². The summed E-state index contributed by atoms with van der Waals surface area (Å²) in [6, 6.07) is 11.3. The zero-order chi connectivity index (χ0) is 21.5. The van der Waals surface area contributed by atoms with Gasteiger partial charge in [-0.15, -0.1) is 0 Å². The summed E-state index contributed by atoms with van der Waals surface area (Å²) in [5.74, 6) is -0.537. The van der Waals surface area contributed by atoms with Crippen LogP contribution in [0.1, 0.15) is 18.1 Å². The first-order valence-electron chi connectivity index (χ1n) is 10.0. The maximum atomic E-state index is 13.2. The minimum absolute atomic E-state index is 0.117. The first kappa shape index (κ1) is 20.8. The molecule has 2 atom stereocenters. The second-order valence-corrected chi connectivity index (χ2v) is 8.17. The van der Waals surface area contributed by atoms with E-state index in [0.29, 0.717) is 43.2 Å². The number of nitrogens with zero attached hydrogens (tertiary/aromatic N) is 2. The molecule has 0 aliphatic carbocycles. The minimum atomic E-state index is -4.40. The van der Waals surface area contributed by atoms with Crippen molar-refractivity contribution >= 4 is 28.9 Å². The van der Waals surface area contributed by atoms with E-state index < -0.39 is 17.7 Å². The zero-order valence-electron chi connectivity index (χ0n) is 16.5. The van der Waals surface area contributed by atoms with Gasteiger partial charge in [0, 0.05) is 42.6 Å². The molecule has 2 aliphatic heterocycles. The Kier molecular flexibility index (Phi) is 5.57. The van der Waals surface area contributed by atoms with Crippen LogP contribution in [-0.4, -0.2) is 38.1 Å². The van der Waals surface area contributed by atoms with Gasteiger partial charge in [-0.1, -0.05) is 11.6 Å². The lowest BCUT2D eigenvalue weighted by molar-refractivity contribution is -0.137.